The van der Waals surface area contributed by atoms with E-state index in [0.29, 0.717) is 13.0 Å². The smallest absolute Gasteiger partial charge is 0.186 e. The molecule has 1 heterocycles. The molecule has 1 saturated heterocycles. The molecule has 2 atom stereocenters. The Hall–Kier alpha value is -0.920. The van der Waals surface area contributed by atoms with Gasteiger partial charge in [0.2, 0.25) is 0 Å². The molecule has 0 bridgehead atoms. The first-order valence-electron chi connectivity index (χ1n) is 6.14. The van der Waals surface area contributed by atoms with Crippen molar-refractivity contribution in [2.45, 2.75) is 29.6 Å². The van der Waals surface area contributed by atoms with Gasteiger partial charge in [-0.15, -0.1) is 0 Å². The highest BCUT2D eigenvalue weighted by Crippen LogP contribution is 2.27. The van der Waals surface area contributed by atoms with Gasteiger partial charge >= 0.3 is 0 Å². The zero-order chi connectivity index (χ0) is 14.8. The van der Waals surface area contributed by atoms with Gasteiger partial charge in [-0.25, -0.2) is 12.8 Å². The largest absolute Gasteiger partial charge is 0.376 e. The van der Waals surface area contributed by atoms with Crippen molar-refractivity contribution in [3.05, 3.63) is 30.1 Å². The van der Waals surface area contributed by atoms with E-state index >= 15 is 0 Å². The van der Waals surface area contributed by atoms with Crippen LogP contribution in [0, 0.1) is 5.82 Å². The average Bonchev–Trinajstić information content (AvgIpc) is 2.75. The maximum absolute atomic E-state index is 12.8. The van der Waals surface area contributed by atoms with Crippen LogP contribution in [0.15, 0.2) is 29.2 Å². The molecule has 1 aliphatic rings. The van der Waals surface area contributed by atoms with Crippen molar-refractivity contribution in [3.63, 3.8) is 0 Å². The van der Waals surface area contributed by atoms with Gasteiger partial charge in [-0.3, -0.25) is 4.79 Å². The van der Waals surface area contributed by atoms with Crippen LogP contribution in [0.2, 0.25) is 0 Å². The molecule has 7 heteroatoms. The number of benzene rings is 1. The first-order chi connectivity index (χ1) is 9.37. The first kappa shape index (κ1) is 15.5. The molecule has 1 fully saturated rings. The van der Waals surface area contributed by atoms with Gasteiger partial charge in [-0.2, -0.15) is 0 Å². The average molecular weight is 318 g/mol. The highest BCUT2D eigenvalue weighted by Gasteiger charge is 2.31. The fraction of sp³-hybridized carbons (Fsp3) is 0.462. The molecule has 0 amide bonds. The third kappa shape index (κ3) is 4.04. The van der Waals surface area contributed by atoms with Crippen LogP contribution in [-0.2, 0) is 19.4 Å². The summed E-state index contributed by atoms with van der Waals surface area (Å²) in [5, 5.41) is 0.0153. The van der Waals surface area contributed by atoms with Gasteiger partial charge in [0.15, 0.2) is 15.0 Å². The summed E-state index contributed by atoms with van der Waals surface area (Å²) in [7, 11) is -3.50. The van der Waals surface area contributed by atoms with E-state index in [9.17, 15) is 17.6 Å². The molecule has 110 valence electrons. The van der Waals surface area contributed by atoms with Crippen molar-refractivity contribution < 1.29 is 22.3 Å². The number of hydrogen-bond acceptors (Lipinski definition) is 5. The summed E-state index contributed by atoms with van der Waals surface area (Å²) in [6.07, 6.45) is 0.118. The Kier molecular flexibility index (Phi) is 4.82. The summed E-state index contributed by atoms with van der Waals surface area (Å²) >= 11 is 1.18. The number of sulfone groups is 1. The Bertz CT molecular complexity index is 583. The molecule has 4 nitrogen and oxygen atoms in total. The second kappa shape index (κ2) is 6.24. The summed E-state index contributed by atoms with van der Waals surface area (Å²) in [5.41, 5.74) is 0. The fourth-order valence-corrected chi connectivity index (χ4v) is 4.48. The second-order valence-electron chi connectivity index (χ2n) is 4.66. The van der Waals surface area contributed by atoms with Crippen molar-refractivity contribution in [1.82, 2.24) is 0 Å². The number of carbonyl (C=O) groups is 1. The quantitative estimate of drug-likeness (QED) is 0.795. The van der Waals surface area contributed by atoms with E-state index in [4.69, 9.17) is 4.74 Å². The third-order valence-electron chi connectivity index (χ3n) is 2.95. The highest BCUT2D eigenvalue weighted by atomic mass is 32.2. The molecule has 2 rings (SSSR count). The number of hydrogen-bond donors (Lipinski definition) is 0. The van der Waals surface area contributed by atoms with Crippen molar-refractivity contribution in [2.75, 3.05) is 12.4 Å². The molecule has 1 aromatic carbocycles. The molecular formula is C13H15FO4S2. The topological polar surface area (TPSA) is 60.4 Å². The summed E-state index contributed by atoms with van der Waals surface area (Å²) in [6.45, 7) is 1.86. The number of carbonyl (C=O) groups excluding carboxylic acids is 1. The standard InChI is InChI=1S/C13H15FO4S2/c1-9(15)19-12-6-11(18-7-12)8-20(16,17)13-4-2-10(14)3-5-13/h2-5,11-12H,6-8H2,1H3/t11-,12+/m1/s1. The number of rotatable bonds is 4. The predicted octanol–water partition coefficient (Wildman–Crippen LogP) is 2.04. The van der Waals surface area contributed by atoms with Crippen LogP contribution in [0.25, 0.3) is 0 Å². The number of halogens is 1. The minimum atomic E-state index is -3.50. The first-order valence-corrected chi connectivity index (χ1v) is 8.67. The maximum atomic E-state index is 12.8. The highest BCUT2D eigenvalue weighted by molar-refractivity contribution is 8.14. The van der Waals surface area contributed by atoms with Gasteiger partial charge in [0.1, 0.15) is 5.82 Å². The molecule has 20 heavy (non-hydrogen) atoms. The maximum Gasteiger partial charge on any atom is 0.186 e. The van der Waals surface area contributed by atoms with Crippen molar-refractivity contribution in [1.29, 1.82) is 0 Å². The summed E-state index contributed by atoms with van der Waals surface area (Å²) < 4.78 is 42.5. The van der Waals surface area contributed by atoms with Gasteiger partial charge in [0.25, 0.3) is 0 Å². The normalized spacial score (nSPS) is 22.9. The van der Waals surface area contributed by atoms with Crippen LogP contribution < -0.4 is 0 Å². The molecule has 0 radical (unpaired) electrons. The lowest BCUT2D eigenvalue weighted by atomic mass is 10.3. The van der Waals surface area contributed by atoms with Crippen LogP contribution in [0.1, 0.15) is 13.3 Å². The van der Waals surface area contributed by atoms with Gasteiger partial charge in [-0.1, -0.05) is 11.8 Å². The monoisotopic (exact) mass is 318 g/mol. The van der Waals surface area contributed by atoms with Gasteiger partial charge in [0.05, 0.1) is 23.4 Å². The van der Waals surface area contributed by atoms with E-state index in [1.54, 1.807) is 0 Å². The van der Waals surface area contributed by atoms with Crippen LogP contribution in [0.3, 0.4) is 0 Å². The van der Waals surface area contributed by atoms with Crippen LogP contribution in [0.5, 0.6) is 0 Å². The van der Waals surface area contributed by atoms with Crippen molar-refractivity contribution >= 4 is 26.7 Å². The van der Waals surface area contributed by atoms with Gasteiger partial charge in [-0.05, 0) is 30.7 Å². The molecule has 0 unspecified atom stereocenters. The minimum Gasteiger partial charge on any atom is -0.376 e. The van der Waals surface area contributed by atoms with Gasteiger partial charge < -0.3 is 4.74 Å². The molecule has 1 aliphatic heterocycles. The Morgan fingerprint density at radius 1 is 1.40 bits per heavy atom. The van der Waals surface area contributed by atoms with Crippen molar-refractivity contribution in [2.24, 2.45) is 0 Å². The Morgan fingerprint density at radius 3 is 2.65 bits per heavy atom. The second-order valence-corrected chi connectivity index (χ2v) is 8.17. The number of ether oxygens (including phenoxy) is 1. The predicted molar refractivity (Wildman–Crippen MR) is 74.9 cm³/mol. The Balaban J connectivity index is 1.99. The lowest BCUT2D eigenvalue weighted by molar-refractivity contribution is -0.109. The minimum absolute atomic E-state index is 0.000594. The van der Waals surface area contributed by atoms with Gasteiger partial charge in [0, 0.05) is 12.2 Å². The zero-order valence-electron chi connectivity index (χ0n) is 10.9. The molecular weight excluding hydrogens is 303 g/mol. The molecule has 0 spiro atoms. The Morgan fingerprint density at radius 2 is 2.05 bits per heavy atom. The summed E-state index contributed by atoms with van der Waals surface area (Å²) in [5.74, 6) is -0.618. The molecule has 0 aliphatic carbocycles. The molecule has 0 aromatic heterocycles. The number of thioether (sulfide) groups is 1. The van der Waals surface area contributed by atoms with E-state index < -0.39 is 21.8 Å². The summed E-state index contributed by atoms with van der Waals surface area (Å²) in [6, 6.07) is 4.75. The van der Waals surface area contributed by atoms with Crippen LogP contribution in [-0.4, -0.2) is 37.2 Å². The van der Waals surface area contributed by atoms with E-state index in [2.05, 4.69) is 0 Å². The third-order valence-corrected chi connectivity index (χ3v) is 5.75. The van der Waals surface area contributed by atoms with E-state index in [1.165, 1.54) is 30.8 Å². The SMILES string of the molecule is CC(=O)S[C@@H]1CO[C@@H](CS(=O)(=O)c2ccc(F)cc2)C1. The molecule has 0 N–H and O–H groups in total. The molecule has 0 saturated carbocycles. The fourth-order valence-electron chi connectivity index (χ4n) is 2.09. The zero-order valence-corrected chi connectivity index (χ0v) is 12.5. The lowest BCUT2D eigenvalue weighted by Gasteiger charge is -2.10. The van der Waals surface area contributed by atoms with E-state index in [0.717, 1.165) is 12.1 Å². The molecule has 1 aromatic rings. The van der Waals surface area contributed by atoms with E-state index in [1.807, 2.05) is 0 Å². The lowest BCUT2D eigenvalue weighted by Crippen LogP contribution is -2.20. The van der Waals surface area contributed by atoms with E-state index in [-0.39, 0.29) is 21.0 Å². The summed E-state index contributed by atoms with van der Waals surface area (Å²) in [4.78, 5) is 11.1. The van der Waals surface area contributed by atoms with Crippen molar-refractivity contribution in [3.8, 4) is 0 Å². The van der Waals surface area contributed by atoms with Crippen LogP contribution >= 0.6 is 11.8 Å². The van der Waals surface area contributed by atoms with Crippen LogP contribution in [0.4, 0.5) is 4.39 Å². The Labute approximate surface area is 121 Å².